The first-order chi connectivity index (χ1) is 5.70. The summed E-state index contributed by atoms with van der Waals surface area (Å²) in [6.07, 6.45) is 2.00. The van der Waals surface area contributed by atoms with Gasteiger partial charge >= 0.3 is 0 Å². The molecule has 0 rings (SSSR count). The van der Waals surface area contributed by atoms with Gasteiger partial charge in [0, 0.05) is 5.54 Å². The van der Waals surface area contributed by atoms with Gasteiger partial charge in [-0.2, -0.15) is 0 Å². The molecule has 0 aromatic carbocycles. The molecule has 0 N–H and O–H groups in total. The molecule has 13 heavy (non-hydrogen) atoms. The van der Waals surface area contributed by atoms with Crippen LogP contribution in [0.1, 0.15) is 27.7 Å². The average molecular weight is 221 g/mol. The van der Waals surface area contributed by atoms with Gasteiger partial charge in [-0.05, 0) is 31.1 Å². The van der Waals surface area contributed by atoms with E-state index in [0.29, 0.717) is 0 Å². The molecule has 1 atom stereocenters. The molecule has 0 saturated carbocycles. The highest BCUT2D eigenvalue weighted by molar-refractivity contribution is 6.74. The van der Waals surface area contributed by atoms with Crippen molar-refractivity contribution >= 4 is 19.9 Å². The Morgan fingerprint density at radius 2 is 1.77 bits per heavy atom. The normalized spacial score (nSPS) is 16.5. The summed E-state index contributed by atoms with van der Waals surface area (Å²) in [5.41, 5.74) is 1.53. The Balaban J connectivity index is 4.33. The van der Waals surface area contributed by atoms with Crippen LogP contribution in [0.2, 0.25) is 18.1 Å². The van der Waals surface area contributed by atoms with Crippen molar-refractivity contribution in [1.82, 2.24) is 0 Å². The van der Waals surface area contributed by atoms with Crippen molar-refractivity contribution in [1.29, 1.82) is 0 Å². The van der Waals surface area contributed by atoms with E-state index in [1.165, 1.54) is 5.54 Å². The van der Waals surface area contributed by atoms with Crippen molar-refractivity contribution in [3.05, 3.63) is 11.6 Å². The molecule has 0 aliphatic heterocycles. The molecule has 1 nitrogen and oxygen atoms in total. The zero-order chi connectivity index (χ0) is 10.7. The number of halogens is 1. The molecule has 0 aromatic rings. The summed E-state index contributed by atoms with van der Waals surface area (Å²) in [5.74, 6) is 0. The van der Waals surface area contributed by atoms with Crippen LogP contribution in [0.5, 0.6) is 0 Å². The third-order valence-corrected chi connectivity index (χ3v) is 7.35. The topological polar surface area (TPSA) is 9.23 Å². The summed E-state index contributed by atoms with van der Waals surface area (Å²) in [6, 6.07) is 0. The Morgan fingerprint density at radius 1 is 1.31 bits per heavy atom. The Bertz CT molecular complexity index is 182. The molecule has 78 valence electrons. The van der Waals surface area contributed by atoms with Crippen LogP contribution >= 0.6 is 11.6 Å². The predicted molar refractivity (Wildman–Crippen MR) is 62.7 cm³/mol. The summed E-state index contributed by atoms with van der Waals surface area (Å²) in [6.45, 7) is 13.2. The van der Waals surface area contributed by atoms with E-state index in [0.717, 1.165) is 0 Å². The van der Waals surface area contributed by atoms with Crippen molar-refractivity contribution in [3.8, 4) is 0 Å². The van der Waals surface area contributed by atoms with Crippen molar-refractivity contribution in [3.63, 3.8) is 0 Å². The van der Waals surface area contributed by atoms with Gasteiger partial charge in [-0.1, -0.05) is 32.4 Å². The SMILES string of the molecule is CC(/C=C\Cl)O[Si](C)(C)C(C)(C)C. The second-order valence-corrected chi connectivity index (χ2v) is 9.91. The lowest BCUT2D eigenvalue weighted by Crippen LogP contribution is -2.42. The van der Waals surface area contributed by atoms with E-state index in [2.05, 4.69) is 33.9 Å². The first-order valence-electron chi connectivity index (χ1n) is 4.65. The number of hydrogen-bond donors (Lipinski definition) is 0. The van der Waals surface area contributed by atoms with Crippen LogP contribution in [0.3, 0.4) is 0 Å². The smallest absolute Gasteiger partial charge is 0.192 e. The van der Waals surface area contributed by atoms with Gasteiger partial charge in [-0.3, -0.25) is 0 Å². The molecule has 0 aromatic heterocycles. The monoisotopic (exact) mass is 220 g/mol. The number of hydrogen-bond acceptors (Lipinski definition) is 1. The van der Waals surface area contributed by atoms with Gasteiger partial charge < -0.3 is 4.43 Å². The molecular formula is C10H21ClOSi. The van der Waals surface area contributed by atoms with Crippen molar-refractivity contribution in [2.45, 2.75) is 51.9 Å². The maximum absolute atomic E-state index is 6.01. The molecule has 0 saturated heterocycles. The molecule has 0 amide bonds. The van der Waals surface area contributed by atoms with E-state index in [1.54, 1.807) is 0 Å². The maximum Gasteiger partial charge on any atom is 0.192 e. The quantitative estimate of drug-likeness (QED) is 0.650. The van der Waals surface area contributed by atoms with Crippen molar-refractivity contribution < 1.29 is 4.43 Å². The first kappa shape index (κ1) is 13.2. The second-order valence-electron chi connectivity index (χ2n) is 4.90. The lowest BCUT2D eigenvalue weighted by atomic mass is 10.2. The lowest BCUT2D eigenvalue weighted by molar-refractivity contribution is 0.243. The highest BCUT2D eigenvalue weighted by atomic mass is 35.5. The Morgan fingerprint density at radius 3 is 2.08 bits per heavy atom. The molecule has 0 aliphatic carbocycles. The van der Waals surface area contributed by atoms with Crippen LogP contribution in [0.25, 0.3) is 0 Å². The lowest BCUT2D eigenvalue weighted by Gasteiger charge is -2.37. The van der Waals surface area contributed by atoms with Gasteiger partial charge in [-0.15, -0.1) is 0 Å². The van der Waals surface area contributed by atoms with Gasteiger partial charge in [-0.25, -0.2) is 0 Å². The third kappa shape index (κ3) is 4.30. The van der Waals surface area contributed by atoms with E-state index in [-0.39, 0.29) is 11.1 Å². The molecule has 0 radical (unpaired) electrons. The zero-order valence-electron chi connectivity index (χ0n) is 9.52. The van der Waals surface area contributed by atoms with Crippen LogP contribution in [0.4, 0.5) is 0 Å². The fraction of sp³-hybridized carbons (Fsp3) is 0.800. The summed E-state index contributed by atoms with van der Waals surface area (Å²) < 4.78 is 6.01. The van der Waals surface area contributed by atoms with Gasteiger partial charge in [0.2, 0.25) is 0 Å². The Hall–Kier alpha value is 0.207. The van der Waals surface area contributed by atoms with Crippen LogP contribution in [-0.2, 0) is 4.43 Å². The van der Waals surface area contributed by atoms with Crippen LogP contribution in [0.15, 0.2) is 11.6 Å². The van der Waals surface area contributed by atoms with E-state index in [4.69, 9.17) is 16.0 Å². The molecule has 0 spiro atoms. The van der Waals surface area contributed by atoms with Crippen LogP contribution < -0.4 is 0 Å². The second kappa shape index (κ2) is 4.62. The van der Waals surface area contributed by atoms with Crippen LogP contribution in [0, 0.1) is 0 Å². The average Bonchev–Trinajstić information content (AvgIpc) is 1.83. The molecular weight excluding hydrogens is 200 g/mol. The van der Waals surface area contributed by atoms with Crippen LogP contribution in [-0.4, -0.2) is 14.4 Å². The Labute approximate surface area is 88.3 Å². The van der Waals surface area contributed by atoms with E-state index in [1.807, 2.05) is 13.0 Å². The van der Waals surface area contributed by atoms with E-state index in [9.17, 15) is 0 Å². The standard InChI is InChI=1S/C10H21ClOSi/c1-9(7-8-11)12-13(5,6)10(2,3)4/h7-9H,1-6H3/b8-7-. The summed E-state index contributed by atoms with van der Waals surface area (Å²) in [4.78, 5) is 0. The Kier molecular flexibility index (Phi) is 4.70. The largest absolute Gasteiger partial charge is 0.411 e. The fourth-order valence-corrected chi connectivity index (χ4v) is 2.35. The van der Waals surface area contributed by atoms with E-state index >= 15 is 0 Å². The number of rotatable bonds is 3. The summed E-state index contributed by atoms with van der Waals surface area (Å²) in [5, 5.41) is 0.265. The highest BCUT2D eigenvalue weighted by Crippen LogP contribution is 2.37. The minimum Gasteiger partial charge on any atom is -0.411 e. The molecule has 0 heterocycles. The molecule has 1 unspecified atom stereocenters. The summed E-state index contributed by atoms with van der Waals surface area (Å²) in [7, 11) is -1.62. The highest BCUT2D eigenvalue weighted by Gasteiger charge is 2.37. The van der Waals surface area contributed by atoms with Gasteiger partial charge in [0.05, 0.1) is 6.10 Å². The minimum absolute atomic E-state index is 0.124. The first-order valence-corrected chi connectivity index (χ1v) is 8.00. The van der Waals surface area contributed by atoms with Crippen molar-refractivity contribution in [2.75, 3.05) is 0 Å². The molecule has 3 heteroatoms. The minimum atomic E-state index is -1.62. The van der Waals surface area contributed by atoms with Gasteiger partial charge in [0.25, 0.3) is 0 Å². The molecule has 0 fully saturated rings. The fourth-order valence-electron chi connectivity index (χ4n) is 0.783. The molecule has 0 aliphatic rings. The van der Waals surface area contributed by atoms with E-state index < -0.39 is 8.32 Å². The summed E-state index contributed by atoms with van der Waals surface area (Å²) >= 11 is 5.49. The maximum atomic E-state index is 6.01. The third-order valence-electron chi connectivity index (χ3n) is 2.63. The predicted octanol–water partition coefficient (Wildman–Crippen LogP) is 4.15. The zero-order valence-corrected chi connectivity index (χ0v) is 11.3. The van der Waals surface area contributed by atoms with Crippen molar-refractivity contribution in [2.24, 2.45) is 0 Å². The van der Waals surface area contributed by atoms with Gasteiger partial charge in [0.15, 0.2) is 8.32 Å². The van der Waals surface area contributed by atoms with Gasteiger partial charge in [0.1, 0.15) is 0 Å². The molecule has 0 bridgehead atoms.